The van der Waals surface area contributed by atoms with Crippen LogP contribution in [-0.4, -0.2) is 61.1 Å². The molecule has 0 bridgehead atoms. The van der Waals surface area contributed by atoms with E-state index in [0.717, 1.165) is 80.1 Å². The summed E-state index contributed by atoms with van der Waals surface area (Å²) in [5.41, 5.74) is 5.25. The molecule has 0 atom stereocenters. The molecule has 6 rings (SSSR count). The second-order valence-electron chi connectivity index (χ2n) is 10.7. The minimum atomic E-state index is -1.60. The zero-order valence-electron chi connectivity index (χ0n) is 23.3. The zero-order chi connectivity index (χ0) is 26.8. The number of ether oxygens (including phenoxy) is 1. The fourth-order valence-corrected chi connectivity index (χ4v) is 6.41. The number of rotatable bonds is 3. The summed E-state index contributed by atoms with van der Waals surface area (Å²) < 4.78 is 22.9. The fourth-order valence-electron chi connectivity index (χ4n) is 6.41. The van der Waals surface area contributed by atoms with E-state index in [9.17, 15) is 10.1 Å². The first-order chi connectivity index (χ1) is 18.1. The number of aryl methyl sites for hydroxylation is 1. The van der Waals surface area contributed by atoms with E-state index < -0.39 is 11.8 Å². The molecular weight excluding hydrogens is 448 g/mol. The van der Waals surface area contributed by atoms with Gasteiger partial charge < -0.3 is 14.6 Å². The maximum absolute atomic E-state index is 14.0. The molecule has 2 aromatic carbocycles. The molecule has 6 nitrogen and oxygen atoms in total. The lowest BCUT2D eigenvalue weighted by atomic mass is 9.70. The standard InChI is InChI=1S/C30H34N4O2/c1-4-20-16-23-24(17-26(20)34-9-7-21(8-10-34)33-11-13-36-14-12-33)30(2,3)29-27(28(23)35)22-6-5-19(18-31)15-25(22)32-29/h5-6,15-17,21,32H,4,7-14H2,1-3H3/i4D2. The number of fused-ring (bicyclic) bond motifs is 4. The molecule has 2 fully saturated rings. The number of carbonyl (C=O) groups excluding carboxylic acids is 1. The highest BCUT2D eigenvalue weighted by atomic mass is 16.5. The third kappa shape index (κ3) is 3.56. The first-order valence-electron chi connectivity index (χ1n) is 14.0. The minimum Gasteiger partial charge on any atom is -0.379 e. The molecule has 0 amide bonds. The van der Waals surface area contributed by atoms with Gasteiger partial charge in [-0.2, -0.15) is 5.26 Å². The molecule has 3 heterocycles. The summed E-state index contributed by atoms with van der Waals surface area (Å²) in [5, 5.41) is 10.2. The zero-order valence-corrected chi connectivity index (χ0v) is 21.3. The van der Waals surface area contributed by atoms with Gasteiger partial charge in [0.2, 0.25) is 0 Å². The number of aromatic nitrogens is 1. The van der Waals surface area contributed by atoms with Gasteiger partial charge in [0.1, 0.15) is 0 Å². The van der Waals surface area contributed by atoms with E-state index in [0.29, 0.717) is 28.3 Å². The Balaban J connectivity index is 1.42. The number of H-pyrrole nitrogens is 1. The topological polar surface area (TPSA) is 72.4 Å². The Labute approximate surface area is 215 Å². The van der Waals surface area contributed by atoms with Crippen LogP contribution in [0.4, 0.5) is 5.69 Å². The van der Waals surface area contributed by atoms with Crippen LogP contribution in [0.3, 0.4) is 0 Å². The normalized spacial score (nSPS) is 21.5. The van der Waals surface area contributed by atoms with E-state index in [4.69, 9.17) is 7.48 Å². The molecule has 0 saturated carbocycles. The lowest BCUT2D eigenvalue weighted by molar-refractivity contribution is 0.0115. The Hall–Kier alpha value is -3.14. The molecule has 0 spiro atoms. The second kappa shape index (κ2) is 8.76. The third-order valence-corrected chi connectivity index (χ3v) is 8.47. The monoisotopic (exact) mass is 484 g/mol. The van der Waals surface area contributed by atoms with E-state index >= 15 is 0 Å². The van der Waals surface area contributed by atoms with Gasteiger partial charge in [0.15, 0.2) is 5.78 Å². The van der Waals surface area contributed by atoms with Gasteiger partial charge in [0.25, 0.3) is 0 Å². The predicted octanol–water partition coefficient (Wildman–Crippen LogP) is 4.77. The van der Waals surface area contributed by atoms with Crippen LogP contribution in [-0.2, 0) is 16.5 Å². The van der Waals surface area contributed by atoms with Gasteiger partial charge in [-0.25, -0.2) is 0 Å². The van der Waals surface area contributed by atoms with Crippen LogP contribution in [0.2, 0.25) is 0 Å². The van der Waals surface area contributed by atoms with Crippen LogP contribution in [0.5, 0.6) is 0 Å². The first kappa shape index (κ1) is 21.0. The summed E-state index contributed by atoms with van der Waals surface area (Å²) in [6, 6.07) is 12.0. The number of ketones is 1. The summed E-state index contributed by atoms with van der Waals surface area (Å²) in [6.45, 7) is 11.1. The van der Waals surface area contributed by atoms with Crippen molar-refractivity contribution in [2.45, 2.75) is 51.4 Å². The molecule has 36 heavy (non-hydrogen) atoms. The summed E-state index contributed by atoms with van der Waals surface area (Å²) >= 11 is 0. The highest BCUT2D eigenvalue weighted by molar-refractivity contribution is 6.20. The molecule has 0 radical (unpaired) electrons. The largest absolute Gasteiger partial charge is 0.379 e. The number of morpholine rings is 1. The number of hydrogen-bond acceptors (Lipinski definition) is 5. The minimum absolute atomic E-state index is 0.0895. The number of piperidine rings is 1. The maximum atomic E-state index is 14.0. The molecule has 186 valence electrons. The molecule has 3 aromatic rings. The van der Waals surface area contributed by atoms with Crippen LogP contribution in [0.1, 0.15) is 74.7 Å². The molecule has 2 aliphatic heterocycles. The van der Waals surface area contributed by atoms with Gasteiger partial charge in [0, 0.05) is 68.2 Å². The summed E-state index contributed by atoms with van der Waals surface area (Å²) in [7, 11) is 0. The Morgan fingerprint density at radius 3 is 2.61 bits per heavy atom. The number of benzene rings is 2. The van der Waals surface area contributed by atoms with Gasteiger partial charge in [-0.05, 0) is 54.6 Å². The SMILES string of the molecule is [2H]C([2H])(C)c1cc2c(cc1N1CCC(N3CCOCC3)CC1)C(C)(C)c1[nH]c3cc(C#N)ccc3c1C2=O. The van der Waals surface area contributed by atoms with Crippen molar-refractivity contribution in [3.8, 4) is 6.07 Å². The summed E-state index contributed by atoms with van der Waals surface area (Å²) in [4.78, 5) is 22.3. The van der Waals surface area contributed by atoms with Crippen molar-refractivity contribution in [3.05, 3.63) is 63.8 Å². The molecule has 1 aliphatic carbocycles. The number of nitriles is 1. The number of aromatic amines is 1. The second-order valence-corrected chi connectivity index (χ2v) is 10.7. The Morgan fingerprint density at radius 1 is 1.17 bits per heavy atom. The molecule has 1 aromatic heterocycles. The maximum Gasteiger partial charge on any atom is 0.195 e. The third-order valence-electron chi connectivity index (χ3n) is 8.47. The number of nitrogens with zero attached hydrogens (tertiary/aromatic N) is 3. The highest BCUT2D eigenvalue weighted by Gasteiger charge is 2.40. The average molecular weight is 485 g/mol. The molecule has 2 saturated heterocycles. The van der Waals surface area contributed by atoms with Crippen molar-refractivity contribution in [1.29, 1.82) is 5.26 Å². The van der Waals surface area contributed by atoms with E-state index in [1.165, 1.54) is 0 Å². The number of nitrogens with one attached hydrogen (secondary N) is 1. The Kier molecular flexibility index (Phi) is 5.11. The Bertz CT molecular complexity index is 1470. The number of carbonyl (C=O) groups is 1. The van der Waals surface area contributed by atoms with Crippen molar-refractivity contribution in [2.24, 2.45) is 0 Å². The lowest BCUT2D eigenvalue weighted by Gasteiger charge is -2.42. The quantitative estimate of drug-likeness (QED) is 0.580. The van der Waals surface area contributed by atoms with Gasteiger partial charge in [-0.1, -0.05) is 26.8 Å². The van der Waals surface area contributed by atoms with Crippen LogP contribution in [0.25, 0.3) is 10.9 Å². The van der Waals surface area contributed by atoms with Crippen LogP contribution >= 0.6 is 0 Å². The van der Waals surface area contributed by atoms with Gasteiger partial charge in [-0.15, -0.1) is 0 Å². The van der Waals surface area contributed by atoms with E-state index in [-0.39, 0.29) is 5.78 Å². The molecule has 3 aliphatic rings. The molecular formula is C30H34N4O2. The van der Waals surface area contributed by atoms with Crippen molar-refractivity contribution in [2.75, 3.05) is 44.3 Å². The number of hydrogen-bond donors (Lipinski definition) is 1. The van der Waals surface area contributed by atoms with Crippen molar-refractivity contribution in [1.82, 2.24) is 9.88 Å². The highest BCUT2D eigenvalue weighted by Crippen LogP contribution is 2.46. The van der Waals surface area contributed by atoms with Crippen molar-refractivity contribution >= 4 is 22.4 Å². The number of anilines is 1. The fraction of sp³-hybridized carbons (Fsp3) is 0.467. The first-order valence-corrected chi connectivity index (χ1v) is 13.0. The van der Waals surface area contributed by atoms with Gasteiger partial charge in [0.05, 0.1) is 30.4 Å². The molecule has 6 heteroatoms. The smallest absolute Gasteiger partial charge is 0.195 e. The van der Waals surface area contributed by atoms with E-state index in [1.807, 2.05) is 12.1 Å². The summed E-state index contributed by atoms with van der Waals surface area (Å²) in [5.74, 6) is -0.0895. The summed E-state index contributed by atoms with van der Waals surface area (Å²) in [6.07, 6.45) is 0.454. The molecule has 0 unspecified atom stereocenters. The van der Waals surface area contributed by atoms with Crippen LogP contribution in [0.15, 0.2) is 30.3 Å². The Morgan fingerprint density at radius 2 is 1.92 bits per heavy atom. The van der Waals surface area contributed by atoms with Gasteiger partial charge in [-0.3, -0.25) is 9.69 Å². The van der Waals surface area contributed by atoms with E-state index in [2.05, 4.69) is 40.8 Å². The van der Waals surface area contributed by atoms with Crippen LogP contribution < -0.4 is 4.90 Å². The van der Waals surface area contributed by atoms with Crippen molar-refractivity contribution < 1.29 is 12.3 Å². The van der Waals surface area contributed by atoms with Crippen LogP contribution in [0, 0.1) is 11.3 Å². The average Bonchev–Trinajstić information content (AvgIpc) is 3.31. The molecule has 1 N–H and O–H groups in total. The predicted molar refractivity (Wildman–Crippen MR) is 142 cm³/mol. The lowest BCUT2D eigenvalue weighted by Crippen LogP contribution is -2.49. The van der Waals surface area contributed by atoms with Crippen molar-refractivity contribution in [3.63, 3.8) is 0 Å². The van der Waals surface area contributed by atoms with Gasteiger partial charge >= 0.3 is 0 Å². The van der Waals surface area contributed by atoms with E-state index in [1.54, 1.807) is 19.1 Å².